The van der Waals surface area contributed by atoms with Crippen molar-refractivity contribution in [3.63, 3.8) is 0 Å². The highest BCUT2D eigenvalue weighted by Gasteiger charge is 2.26. The summed E-state index contributed by atoms with van der Waals surface area (Å²) in [6.45, 7) is 4.39. The summed E-state index contributed by atoms with van der Waals surface area (Å²) >= 11 is 0. The van der Waals surface area contributed by atoms with Gasteiger partial charge in [0.05, 0.1) is 11.7 Å². The van der Waals surface area contributed by atoms with Crippen LogP contribution in [0, 0.1) is 17.5 Å². The number of carbonyl (C=O) groups is 1. The van der Waals surface area contributed by atoms with Crippen LogP contribution in [0.1, 0.15) is 6.92 Å². The minimum atomic E-state index is -0.673. The first-order chi connectivity index (χ1) is 12.4. The summed E-state index contributed by atoms with van der Waals surface area (Å²) in [6.07, 6.45) is 0. The van der Waals surface area contributed by atoms with Crippen LogP contribution >= 0.6 is 0 Å². The summed E-state index contributed by atoms with van der Waals surface area (Å²) in [6, 6.07) is 8.78. The van der Waals surface area contributed by atoms with Crippen molar-refractivity contribution in [2.75, 3.05) is 36.4 Å². The van der Waals surface area contributed by atoms with Crippen molar-refractivity contribution in [1.29, 1.82) is 0 Å². The molecule has 0 bridgehead atoms. The topological polar surface area (TPSA) is 35.6 Å². The summed E-state index contributed by atoms with van der Waals surface area (Å²) in [7, 11) is 0. The Morgan fingerprint density at radius 3 is 2.23 bits per heavy atom. The molecule has 1 saturated heterocycles. The van der Waals surface area contributed by atoms with Gasteiger partial charge in [-0.25, -0.2) is 13.2 Å². The molecule has 0 aliphatic carbocycles. The second-order valence-corrected chi connectivity index (χ2v) is 6.29. The summed E-state index contributed by atoms with van der Waals surface area (Å²) < 4.78 is 39.9. The molecule has 1 N–H and O–H groups in total. The molecular weight excluding hydrogens is 343 g/mol. The van der Waals surface area contributed by atoms with Crippen LogP contribution in [-0.2, 0) is 4.79 Å². The fourth-order valence-corrected chi connectivity index (χ4v) is 3.02. The minimum Gasteiger partial charge on any atom is -0.369 e. The second-order valence-electron chi connectivity index (χ2n) is 6.29. The zero-order chi connectivity index (χ0) is 18.7. The Bertz CT molecular complexity index is 774. The summed E-state index contributed by atoms with van der Waals surface area (Å²) in [5.74, 6) is -1.94. The van der Waals surface area contributed by atoms with Gasteiger partial charge in [-0.15, -0.1) is 0 Å². The Labute approximate surface area is 150 Å². The van der Waals surface area contributed by atoms with Gasteiger partial charge in [0.25, 0.3) is 0 Å². The lowest BCUT2D eigenvalue weighted by Gasteiger charge is -2.38. The fourth-order valence-electron chi connectivity index (χ4n) is 3.02. The molecule has 0 saturated carbocycles. The quantitative estimate of drug-likeness (QED) is 0.906. The lowest BCUT2D eigenvalue weighted by molar-refractivity contribution is -0.120. The molecule has 4 nitrogen and oxygen atoms in total. The lowest BCUT2D eigenvalue weighted by Crippen LogP contribution is -2.52. The van der Waals surface area contributed by atoms with E-state index in [4.69, 9.17) is 0 Å². The average Bonchev–Trinajstić information content (AvgIpc) is 2.65. The maximum Gasteiger partial charge on any atom is 0.241 e. The van der Waals surface area contributed by atoms with Crippen LogP contribution in [0.15, 0.2) is 42.5 Å². The molecule has 0 radical (unpaired) electrons. The van der Waals surface area contributed by atoms with Gasteiger partial charge >= 0.3 is 0 Å². The molecule has 138 valence electrons. The molecule has 0 spiro atoms. The van der Waals surface area contributed by atoms with Crippen LogP contribution in [0.2, 0.25) is 0 Å². The maximum atomic E-state index is 13.7. The predicted molar refractivity (Wildman–Crippen MR) is 94.6 cm³/mol. The van der Waals surface area contributed by atoms with Crippen molar-refractivity contribution in [2.24, 2.45) is 0 Å². The van der Waals surface area contributed by atoms with Crippen molar-refractivity contribution < 1.29 is 18.0 Å². The van der Waals surface area contributed by atoms with Gasteiger partial charge in [-0.2, -0.15) is 0 Å². The standard InChI is InChI=1S/C19H20F3N3O/c1-13(19(26)23-18-12-15(21)4-7-17(18)22)24-8-10-25(11-9-24)16-5-2-14(20)3-6-16/h2-7,12-13H,8-11H2,1H3,(H,23,26)/t13-/m0/s1. The van der Waals surface area contributed by atoms with E-state index < -0.39 is 17.7 Å². The number of hydrogen-bond donors (Lipinski definition) is 1. The molecule has 0 unspecified atom stereocenters. The molecule has 2 aromatic carbocycles. The summed E-state index contributed by atoms with van der Waals surface area (Å²) in [5, 5.41) is 2.45. The van der Waals surface area contributed by atoms with Gasteiger partial charge in [0.2, 0.25) is 5.91 Å². The smallest absolute Gasteiger partial charge is 0.241 e. The second kappa shape index (κ2) is 7.78. The third kappa shape index (κ3) is 4.16. The van der Waals surface area contributed by atoms with Gasteiger partial charge in [0.1, 0.15) is 17.5 Å². The summed E-state index contributed by atoms with van der Waals surface area (Å²) in [5.41, 5.74) is 0.775. The third-order valence-corrected chi connectivity index (χ3v) is 4.62. The first kappa shape index (κ1) is 18.3. The highest BCUT2D eigenvalue weighted by molar-refractivity contribution is 5.94. The Morgan fingerprint density at radius 2 is 1.58 bits per heavy atom. The number of nitrogens with zero attached hydrogens (tertiary/aromatic N) is 2. The SMILES string of the molecule is C[C@@H](C(=O)Nc1cc(F)ccc1F)N1CCN(c2ccc(F)cc2)CC1. The zero-order valence-electron chi connectivity index (χ0n) is 14.4. The molecule has 7 heteroatoms. The third-order valence-electron chi connectivity index (χ3n) is 4.62. The maximum absolute atomic E-state index is 13.7. The van der Waals surface area contributed by atoms with Crippen molar-refractivity contribution in [3.8, 4) is 0 Å². The van der Waals surface area contributed by atoms with E-state index in [1.165, 1.54) is 12.1 Å². The van der Waals surface area contributed by atoms with Gasteiger partial charge in [0, 0.05) is 37.9 Å². The van der Waals surface area contributed by atoms with E-state index in [-0.39, 0.29) is 17.4 Å². The normalized spacial score (nSPS) is 16.4. The Hall–Kier alpha value is -2.54. The highest BCUT2D eigenvalue weighted by atomic mass is 19.1. The van der Waals surface area contributed by atoms with E-state index in [0.717, 1.165) is 23.9 Å². The molecule has 1 atom stereocenters. The highest BCUT2D eigenvalue weighted by Crippen LogP contribution is 2.19. The van der Waals surface area contributed by atoms with Crippen molar-refractivity contribution in [2.45, 2.75) is 13.0 Å². The molecule has 1 aliphatic rings. The van der Waals surface area contributed by atoms with Crippen LogP contribution in [0.4, 0.5) is 24.5 Å². The van der Waals surface area contributed by atoms with Crippen LogP contribution in [-0.4, -0.2) is 43.0 Å². The largest absolute Gasteiger partial charge is 0.369 e. The Morgan fingerprint density at radius 1 is 0.962 bits per heavy atom. The first-order valence-electron chi connectivity index (χ1n) is 8.44. The van der Waals surface area contributed by atoms with Crippen molar-refractivity contribution in [3.05, 3.63) is 59.9 Å². The van der Waals surface area contributed by atoms with Crippen LogP contribution < -0.4 is 10.2 Å². The molecule has 3 rings (SSSR count). The molecule has 0 aromatic heterocycles. The number of carbonyl (C=O) groups excluding carboxylic acids is 1. The van der Waals surface area contributed by atoms with Crippen molar-refractivity contribution in [1.82, 2.24) is 4.90 Å². The number of halogens is 3. The Kier molecular flexibility index (Phi) is 5.46. The first-order valence-corrected chi connectivity index (χ1v) is 8.44. The molecular formula is C19H20F3N3O. The lowest BCUT2D eigenvalue weighted by atomic mass is 10.2. The number of nitrogens with one attached hydrogen (secondary N) is 1. The van der Waals surface area contributed by atoms with E-state index in [1.807, 2.05) is 4.90 Å². The van der Waals surface area contributed by atoms with E-state index >= 15 is 0 Å². The fraction of sp³-hybridized carbons (Fsp3) is 0.316. The van der Waals surface area contributed by atoms with E-state index in [2.05, 4.69) is 10.2 Å². The zero-order valence-corrected chi connectivity index (χ0v) is 14.4. The van der Waals surface area contributed by atoms with Gasteiger partial charge in [-0.05, 0) is 43.3 Å². The number of piperazine rings is 1. The van der Waals surface area contributed by atoms with E-state index in [1.54, 1.807) is 19.1 Å². The monoisotopic (exact) mass is 363 g/mol. The van der Waals surface area contributed by atoms with Crippen molar-refractivity contribution >= 4 is 17.3 Å². The van der Waals surface area contributed by atoms with Crippen LogP contribution in [0.25, 0.3) is 0 Å². The summed E-state index contributed by atoms with van der Waals surface area (Å²) in [4.78, 5) is 16.5. The Balaban J connectivity index is 1.57. The number of benzene rings is 2. The average molecular weight is 363 g/mol. The minimum absolute atomic E-state index is 0.160. The molecule has 2 aromatic rings. The van der Waals surface area contributed by atoms with E-state index in [9.17, 15) is 18.0 Å². The predicted octanol–water partition coefficient (Wildman–Crippen LogP) is 3.25. The molecule has 26 heavy (non-hydrogen) atoms. The number of anilines is 2. The number of rotatable bonds is 4. The number of amides is 1. The van der Waals surface area contributed by atoms with Gasteiger partial charge in [-0.1, -0.05) is 0 Å². The van der Waals surface area contributed by atoms with E-state index in [0.29, 0.717) is 26.2 Å². The van der Waals surface area contributed by atoms with Crippen LogP contribution in [0.5, 0.6) is 0 Å². The van der Waals surface area contributed by atoms with Gasteiger partial charge in [0.15, 0.2) is 0 Å². The van der Waals surface area contributed by atoms with Crippen LogP contribution in [0.3, 0.4) is 0 Å². The van der Waals surface area contributed by atoms with Gasteiger partial charge < -0.3 is 10.2 Å². The van der Waals surface area contributed by atoms with Gasteiger partial charge in [-0.3, -0.25) is 9.69 Å². The molecule has 1 aliphatic heterocycles. The number of hydrogen-bond acceptors (Lipinski definition) is 3. The molecule has 1 fully saturated rings. The molecule has 1 heterocycles. The molecule has 1 amide bonds.